The van der Waals surface area contributed by atoms with Crippen molar-refractivity contribution < 1.29 is 19.0 Å². The van der Waals surface area contributed by atoms with Gasteiger partial charge in [0.05, 0.1) is 44.2 Å². The summed E-state index contributed by atoms with van der Waals surface area (Å²) >= 11 is 6.25. The Morgan fingerprint density at radius 2 is 1.86 bits per heavy atom. The molecule has 8 heteroatoms. The number of aryl methyl sites for hydroxylation is 1. The van der Waals surface area contributed by atoms with Crippen molar-refractivity contribution in [2.75, 3.05) is 46.6 Å². The number of ketones is 1. The van der Waals surface area contributed by atoms with Gasteiger partial charge in [0.25, 0.3) is 0 Å². The van der Waals surface area contributed by atoms with E-state index in [4.69, 9.17) is 30.9 Å². The van der Waals surface area contributed by atoms with Crippen LogP contribution in [0.5, 0.6) is 11.5 Å². The Bertz CT molecular complexity index is 972. The van der Waals surface area contributed by atoms with Gasteiger partial charge in [-0.3, -0.25) is 14.4 Å². The Balaban J connectivity index is 1.39. The van der Waals surface area contributed by atoms with Gasteiger partial charge in [0.2, 0.25) is 0 Å². The van der Waals surface area contributed by atoms with Gasteiger partial charge in [-0.2, -0.15) is 5.10 Å². The monoisotopic (exact) mass is 533 g/mol. The lowest BCUT2D eigenvalue weighted by atomic mass is 10.0. The Labute approximate surface area is 227 Å². The second-order valence-electron chi connectivity index (χ2n) is 9.64. The predicted octanol–water partition coefficient (Wildman–Crippen LogP) is 5.53. The summed E-state index contributed by atoms with van der Waals surface area (Å²) in [5.74, 6) is 1.70. The van der Waals surface area contributed by atoms with Crippen LogP contribution in [0.1, 0.15) is 69.3 Å². The van der Waals surface area contributed by atoms with Gasteiger partial charge in [-0.1, -0.05) is 38.3 Å². The van der Waals surface area contributed by atoms with Crippen molar-refractivity contribution in [3.05, 3.63) is 40.2 Å². The molecule has 0 atom stereocenters. The molecule has 0 unspecified atom stereocenters. The van der Waals surface area contributed by atoms with Gasteiger partial charge in [-0.05, 0) is 62.8 Å². The number of carbonyl (C=O) groups is 1. The topological polar surface area (TPSA) is 65.8 Å². The number of hydrogen-bond acceptors (Lipinski definition) is 6. The van der Waals surface area contributed by atoms with Crippen molar-refractivity contribution in [2.24, 2.45) is 0 Å². The van der Waals surface area contributed by atoms with E-state index in [1.807, 2.05) is 16.8 Å². The van der Waals surface area contributed by atoms with Crippen LogP contribution in [0.3, 0.4) is 0 Å². The highest BCUT2D eigenvalue weighted by molar-refractivity contribution is 6.32. The van der Waals surface area contributed by atoms with E-state index >= 15 is 0 Å². The van der Waals surface area contributed by atoms with Crippen LogP contribution in [0.25, 0.3) is 0 Å². The van der Waals surface area contributed by atoms with Crippen LogP contribution in [-0.4, -0.2) is 67.0 Å². The van der Waals surface area contributed by atoms with Gasteiger partial charge in [0.1, 0.15) is 11.5 Å². The fourth-order valence-corrected chi connectivity index (χ4v) is 5.15. The highest BCUT2D eigenvalue weighted by atomic mass is 35.5. The lowest BCUT2D eigenvalue weighted by Crippen LogP contribution is -2.37. The second-order valence-corrected chi connectivity index (χ2v) is 10.0. The van der Waals surface area contributed by atoms with E-state index < -0.39 is 0 Å². The van der Waals surface area contributed by atoms with Crippen LogP contribution in [0.15, 0.2) is 18.2 Å². The molecule has 1 aromatic heterocycles. The van der Waals surface area contributed by atoms with Gasteiger partial charge in [-0.15, -0.1) is 0 Å². The number of benzene rings is 1. The SMILES string of the molecule is CCc1nn(CC(=O)CCCN2CCOCC2)c(CC)c1CCCCCCOc1ccc(OC)cc1Cl. The van der Waals surface area contributed by atoms with Crippen molar-refractivity contribution in [3.63, 3.8) is 0 Å². The van der Waals surface area contributed by atoms with E-state index in [-0.39, 0.29) is 5.78 Å². The molecule has 1 fully saturated rings. The molecule has 2 aromatic rings. The molecule has 37 heavy (non-hydrogen) atoms. The second kappa shape index (κ2) is 16.0. The molecule has 0 radical (unpaired) electrons. The van der Waals surface area contributed by atoms with Crippen molar-refractivity contribution in [3.8, 4) is 11.5 Å². The number of nitrogens with zero attached hydrogens (tertiary/aromatic N) is 3. The van der Waals surface area contributed by atoms with E-state index in [1.54, 1.807) is 13.2 Å². The normalized spacial score (nSPS) is 14.2. The summed E-state index contributed by atoms with van der Waals surface area (Å²) in [7, 11) is 1.62. The third kappa shape index (κ3) is 9.31. The lowest BCUT2D eigenvalue weighted by Gasteiger charge is -2.26. The molecule has 0 spiro atoms. The fourth-order valence-electron chi connectivity index (χ4n) is 4.92. The number of hydrogen-bond donors (Lipinski definition) is 0. The smallest absolute Gasteiger partial charge is 0.154 e. The van der Waals surface area contributed by atoms with E-state index in [0.29, 0.717) is 30.3 Å². The minimum Gasteiger partial charge on any atom is -0.497 e. The lowest BCUT2D eigenvalue weighted by molar-refractivity contribution is -0.120. The molecule has 0 N–H and O–H groups in total. The highest BCUT2D eigenvalue weighted by Crippen LogP contribution is 2.29. The summed E-state index contributed by atoms with van der Waals surface area (Å²) in [5, 5.41) is 5.42. The Hall–Kier alpha value is -2.09. The maximum Gasteiger partial charge on any atom is 0.154 e. The Morgan fingerprint density at radius 3 is 2.57 bits per heavy atom. The predicted molar refractivity (Wildman–Crippen MR) is 148 cm³/mol. The molecular formula is C29H44ClN3O4. The van der Waals surface area contributed by atoms with Gasteiger partial charge in [-0.25, -0.2) is 0 Å². The summed E-state index contributed by atoms with van der Waals surface area (Å²) in [6.45, 7) is 9.89. The molecule has 3 rings (SSSR count). The van der Waals surface area contributed by atoms with E-state index in [0.717, 1.165) is 95.7 Å². The number of morpholine rings is 1. The number of halogens is 1. The number of carbonyl (C=O) groups excluding carboxylic acids is 1. The summed E-state index contributed by atoms with van der Waals surface area (Å²) in [4.78, 5) is 15.1. The molecule has 0 saturated carbocycles. The fraction of sp³-hybridized carbons (Fsp3) is 0.655. The molecule has 2 heterocycles. The van der Waals surface area contributed by atoms with Crippen LogP contribution in [0, 0.1) is 0 Å². The number of aromatic nitrogens is 2. The summed E-state index contributed by atoms with van der Waals surface area (Å²) in [5.41, 5.74) is 3.73. The number of rotatable bonds is 17. The quantitative estimate of drug-likeness (QED) is 0.249. The van der Waals surface area contributed by atoms with Crippen LogP contribution in [-0.2, 0) is 35.3 Å². The molecule has 1 aromatic carbocycles. The number of methoxy groups -OCH3 is 1. The first-order valence-electron chi connectivity index (χ1n) is 13.9. The molecule has 0 amide bonds. The molecule has 1 saturated heterocycles. The zero-order valence-electron chi connectivity index (χ0n) is 22.9. The molecular weight excluding hydrogens is 490 g/mol. The zero-order chi connectivity index (χ0) is 26.5. The highest BCUT2D eigenvalue weighted by Gasteiger charge is 2.17. The number of unbranched alkanes of at least 4 members (excludes halogenated alkanes) is 3. The molecule has 1 aliphatic heterocycles. The summed E-state index contributed by atoms with van der Waals surface area (Å²) < 4.78 is 18.4. The van der Waals surface area contributed by atoms with Crippen LogP contribution in [0.4, 0.5) is 0 Å². The van der Waals surface area contributed by atoms with Crippen LogP contribution < -0.4 is 9.47 Å². The number of ether oxygens (including phenoxy) is 3. The molecule has 0 bridgehead atoms. The van der Waals surface area contributed by atoms with Crippen molar-refractivity contribution in [2.45, 2.75) is 78.2 Å². The van der Waals surface area contributed by atoms with E-state index in [2.05, 4.69) is 18.7 Å². The standard InChI is InChI=1S/C29H44ClN3O4/c1-4-27-25(12-8-6-7-9-18-37-29-14-13-24(35-3)21-26(29)30)28(5-2)33(31-27)22-23(34)11-10-15-32-16-19-36-20-17-32/h13-14,21H,4-12,15-20,22H2,1-3H3. The average molecular weight is 534 g/mol. The molecule has 206 valence electrons. The zero-order valence-corrected chi connectivity index (χ0v) is 23.7. The number of Topliss-reactive ketones (excluding diaryl/α,β-unsaturated/α-hetero) is 1. The molecule has 0 aliphatic carbocycles. The maximum absolute atomic E-state index is 12.7. The van der Waals surface area contributed by atoms with Gasteiger partial charge in [0.15, 0.2) is 5.78 Å². The first kappa shape index (κ1) is 29.5. The third-order valence-corrected chi connectivity index (χ3v) is 7.29. The first-order chi connectivity index (χ1) is 18.0. The maximum atomic E-state index is 12.7. The van der Waals surface area contributed by atoms with Crippen LogP contribution in [0.2, 0.25) is 5.02 Å². The summed E-state index contributed by atoms with van der Waals surface area (Å²) in [6.07, 6.45) is 8.68. The van der Waals surface area contributed by atoms with Crippen molar-refractivity contribution >= 4 is 17.4 Å². The van der Waals surface area contributed by atoms with Gasteiger partial charge >= 0.3 is 0 Å². The van der Waals surface area contributed by atoms with E-state index in [9.17, 15) is 4.79 Å². The van der Waals surface area contributed by atoms with E-state index in [1.165, 1.54) is 11.3 Å². The minimum absolute atomic E-state index is 0.275. The van der Waals surface area contributed by atoms with Crippen molar-refractivity contribution in [1.29, 1.82) is 0 Å². The minimum atomic E-state index is 0.275. The van der Waals surface area contributed by atoms with Crippen LogP contribution >= 0.6 is 11.6 Å². The van der Waals surface area contributed by atoms with Gasteiger partial charge < -0.3 is 14.2 Å². The summed E-state index contributed by atoms with van der Waals surface area (Å²) in [6, 6.07) is 5.48. The molecule has 1 aliphatic rings. The Morgan fingerprint density at radius 1 is 1.08 bits per heavy atom. The Kier molecular flexibility index (Phi) is 12.7. The average Bonchev–Trinajstić information content (AvgIpc) is 3.25. The largest absolute Gasteiger partial charge is 0.497 e. The molecule has 7 nitrogen and oxygen atoms in total. The van der Waals surface area contributed by atoms with Crippen molar-refractivity contribution in [1.82, 2.24) is 14.7 Å². The van der Waals surface area contributed by atoms with Gasteiger partial charge in [0, 0.05) is 31.3 Å². The first-order valence-corrected chi connectivity index (χ1v) is 14.3. The third-order valence-electron chi connectivity index (χ3n) is 7.00.